The molecule has 98 valence electrons. The summed E-state index contributed by atoms with van der Waals surface area (Å²) >= 11 is 0. The minimum absolute atomic E-state index is 0.0266. The summed E-state index contributed by atoms with van der Waals surface area (Å²) in [6.07, 6.45) is 6.01. The van der Waals surface area contributed by atoms with Crippen molar-refractivity contribution in [3.05, 3.63) is 0 Å². The van der Waals surface area contributed by atoms with Crippen LogP contribution in [0.5, 0.6) is 0 Å². The van der Waals surface area contributed by atoms with Crippen LogP contribution in [0.4, 0.5) is 4.79 Å². The zero-order valence-corrected chi connectivity index (χ0v) is 10.4. The van der Waals surface area contributed by atoms with Crippen LogP contribution in [0.15, 0.2) is 0 Å². The lowest BCUT2D eigenvalue weighted by molar-refractivity contribution is 0.0245. The Labute approximate surface area is 103 Å². The largest absolute Gasteiger partial charge is 0.375 e. The van der Waals surface area contributed by atoms with Gasteiger partial charge in [-0.25, -0.2) is 4.79 Å². The summed E-state index contributed by atoms with van der Waals surface area (Å²) in [4.78, 5) is 13.1. The van der Waals surface area contributed by atoms with E-state index in [0.717, 1.165) is 25.9 Å². The van der Waals surface area contributed by atoms with E-state index in [1.54, 1.807) is 4.90 Å². The van der Waals surface area contributed by atoms with Gasteiger partial charge in [0.15, 0.2) is 0 Å². The number of nitrogens with two attached hydrogens (primary N) is 1. The van der Waals surface area contributed by atoms with Gasteiger partial charge in [-0.1, -0.05) is 19.3 Å². The third-order valence-electron chi connectivity index (χ3n) is 3.64. The van der Waals surface area contributed by atoms with Crippen LogP contribution >= 0.6 is 0 Å². The van der Waals surface area contributed by atoms with Gasteiger partial charge in [-0.15, -0.1) is 0 Å². The summed E-state index contributed by atoms with van der Waals surface area (Å²) in [6.45, 7) is 2.82. The van der Waals surface area contributed by atoms with Crippen LogP contribution in [0, 0.1) is 0 Å². The van der Waals surface area contributed by atoms with Crippen molar-refractivity contribution in [3.63, 3.8) is 0 Å². The molecule has 1 saturated heterocycles. The van der Waals surface area contributed by atoms with Crippen molar-refractivity contribution in [2.45, 2.75) is 44.2 Å². The molecule has 1 saturated carbocycles. The van der Waals surface area contributed by atoms with E-state index in [1.807, 2.05) is 0 Å². The Balaban J connectivity index is 1.68. The number of carbonyl (C=O) groups is 1. The number of rotatable bonds is 4. The van der Waals surface area contributed by atoms with Crippen LogP contribution in [0.1, 0.15) is 32.1 Å². The first-order chi connectivity index (χ1) is 8.27. The minimum Gasteiger partial charge on any atom is -0.375 e. The number of nitrogens with one attached hydrogen (secondary N) is 1. The normalized spacial score (nSPS) is 30.2. The van der Waals surface area contributed by atoms with E-state index < -0.39 is 0 Å². The highest BCUT2D eigenvalue weighted by atomic mass is 16.5. The van der Waals surface area contributed by atoms with Gasteiger partial charge in [-0.2, -0.15) is 0 Å². The highest BCUT2D eigenvalue weighted by molar-refractivity contribution is 5.76. The van der Waals surface area contributed by atoms with Gasteiger partial charge >= 0.3 is 6.03 Å². The topological polar surface area (TPSA) is 67.6 Å². The predicted octanol–water partition coefficient (Wildman–Crippen LogP) is 0.688. The summed E-state index contributed by atoms with van der Waals surface area (Å²) in [5.41, 5.74) is 6.08. The molecule has 1 aliphatic heterocycles. The van der Waals surface area contributed by atoms with E-state index in [9.17, 15) is 4.79 Å². The summed E-state index contributed by atoms with van der Waals surface area (Å²) in [5, 5.41) is 2.78. The summed E-state index contributed by atoms with van der Waals surface area (Å²) < 4.78 is 5.84. The maximum atomic E-state index is 11.3. The molecule has 17 heavy (non-hydrogen) atoms. The van der Waals surface area contributed by atoms with Gasteiger partial charge < -0.3 is 20.7 Å². The monoisotopic (exact) mass is 241 g/mol. The van der Waals surface area contributed by atoms with E-state index in [1.165, 1.54) is 19.3 Å². The Kier molecular flexibility index (Phi) is 4.62. The first-order valence-electron chi connectivity index (χ1n) is 6.67. The molecule has 2 amide bonds. The van der Waals surface area contributed by atoms with Gasteiger partial charge in [0.25, 0.3) is 0 Å². The lowest BCUT2D eigenvalue weighted by Crippen LogP contribution is -2.38. The lowest BCUT2D eigenvalue weighted by atomic mass is 10.1. The number of amides is 2. The van der Waals surface area contributed by atoms with Gasteiger partial charge in [0, 0.05) is 25.7 Å². The number of urea groups is 1. The zero-order valence-electron chi connectivity index (χ0n) is 10.4. The zero-order chi connectivity index (χ0) is 12.1. The molecule has 2 rings (SSSR count). The van der Waals surface area contributed by atoms with Crippen molar-refractivity contribution in [1.29, 1.82) is 0 Å². The molecule has 2 unspecified atom stereocenters. The highest BCUT2D eigenvalue weighted by Gasteiger charge is 2.22. The molecule has 0 spiro atoms. The van der Waals surface area contributed by atoms with E-state index in [2.05, 4.69) is 5.32 Å². The molecular weight excluding hydrogens is 218 g/mol. The SMILES string of the molecule is NC1CCCCCC1OCCN1CCNC1=O. The van der Waals surface area contributed by atoms with Crippen molar-refractivity contribution in [1.82, 2.24) is 10.2 Å². The van der Waals surface area contributed by atoms with Gasteiger partial charge in [0.05, 0.1) is 12.7 Å². The van der Waals surface area contributed by atoms with Crippen LogP contribution < -0.4 is 11.1 Å². The molecule has 0 radical (unpaired) electrons. The average molecular weight is 241 g/mol. The Bertz CT molecular complexity index is 260. The van der Waals surface area contributed by atoms with Crippen LogP contribution in [-0.2, 0) is 4.74 Å². The first-order valence-corrected chi connectivity index (χ1v) is 6.67. The molecule has 3 N–H and O–H groups in total. The molecule has 5 nitrogen and oxygen atoms in total. The second-order valence-electron chi connectivity index (χ2n) is 4.93. The van der Waals surface area contributed by atoms with Gasteiger partial charge in [-0.3, -0.25) is 0 Å². The first kappa shape index (κ1) is 12.6. The molecule has 0 aromatic rings. The molecule has 2 fully saturated rings. The van der Waals surface area contributed by atoms with Crippen LogP contribution in [-0.4, -0.2) is 49.3 Å². The van der Waals surface area contributed by atoms with E-state index in [-0.39, 0.29) is 18.2 Å². The van der Waals surface area contributed by atoms with E-state index in [0.29, 0.717) is 13.2 Å². The van der Waals surface area contributed by atoms with Crippen LogP contribution in [0.25, 0.3) is 0 Å². The summed E-state index contributed by atoms with van der Waals surface area (Å²) in [6, 6.07) is 0.198. The van der Waals surface area contributed by atoms with Crippen LogP contribution in [0.2, 0.25) is 0 Å². The fraction of sp³-hybridized carbons (Fsp3) is 0.917. The lowest BCUT2D eigenvalue weighted by Gasteiger charge is -2.23. The Morgan fingerprint density at radius 3 is 2.94 bits per heavy atom. The van der Waals surface area contributed by atoms with E-state index in [4.69, 9.17) is 10.5 Å². The minimum atomic E-state index is 0.0266. The van der Waals surface area contributed by atoms with Crippen molar-refractivity contribution in [3.8, 4) is 0 Å². The van der Waals surface area contributed by atoms with Gasteiger partial charge in [0.2, 0.25) is 0 Å². The second-order valence-corrected chi connectivity index (χ2v) is 4.93. The van der Waals surface area contributed by atoms with Crippen molar-refractivity contribution in [2.24, 2.45) is 5.73 Å². The van der Waals surface area contributed by atoms with Crippen molar-refractivity contribution >= 4 is 6.03 Å². The van der Waals surface area contributed by atoms with Gasteiger partial charge in [0.1, 0.15) is 0 Å². The average Bonchev–Trinajstić information content (AvgIpc) is 2.60. The standard InChI is InChI=1S/C12H23N3O2/c13-10-4-2-1-3-5-11(10)17-9-8-15-7-6-14-12(15)16/h10-11H,1-9,13H2,(H,14,16). The number of nitrogens with zero attached hydrogens (tertiary/aromatic N) is 1. The number of hydrogen-bond acceptors (Lipinski definition) is 3. The van der Waals surface area contributed by atoms with Crippen molar-refractivity contribution < 1.29 is 9.53 Å². The third-order valence-corrected chi connectivity index (χ3v) is 3.64. The van der Waals surface area contributed by atoms with Crippen molar-refractivity contribution in [2.75, 3.05) is 26.2 Å². The molecule has 5 heteroatoms. The Hall–Kier alpha value is -0.810. The fourth-order valence-corrected chi connectivity index (χ4v) is 2.55. The van der Waals surface area contributed by atoms with Crippen LogP contribution in [0.3, 0.4) is 0 Å². The van der Waals surface area contributed by atoms with Gasteiger partial charge in [-0.05, 0) is 12.8 Å². The molecule has 0 bridgehead atoms. The predicted molar refractivity (Wildman–Crippen MR) is 65.8 cm³/mol. The second kappa shape index (κ2) is 6.21. The maximum absolute atomic E-state index is 11.3. The molecule has 0 aromatic carbocycles. The Morgan fingerprint density at radius 1 is 1.35 bits per heavy atom. The number of ether oxygens (including phenoxy) is 1. The molecule has 1 aliphatic carbocycles. The Morgan fingerprint density at radius 2 is 2.18 bits per heavy atom. The summed E-state index contributed by atoms with van der Waals surface area (Å²) in [5.74, 6) is 0. The number of carbonyl (C=O) groups excluding carboxylic acids is 1. The smallest absolute Gasteiger partial charge is 0.317 e. The molecule has 1 heterocycles. The molecular formula is C12H23N3O2. The third kappa shape index (κ3) is 3.57. The molecule has 0 aromatic heterocycles. The molecule has 2 aliphatic rings. The highest BCUT2D eigenvalue weighted by Crippen LogP contribution is 2.19. The summed E-state index contributed by atoms with van der Waals surface area (Å²) in [7, 11) is 0. The quantitative estimate of drug-likeness (QED) is 0.712. The fourth-order valence-electron chi connectivity index (χ4n) is 2.55. The van der Waals surface area contributed by atoms with E-state index >= 15 is 0 Å². The molecule has 2 atom stereocenters. The number of hydrogen-bond donors (Lipinski definition) is 2. The maximum Gasteiger partial charge on any atom is 0.317 e.